The molecule has 1 atom stereocenters. The lowest BCUT2D eigenvalue weighted by molar-refractivity contribution is 0.122. The lowest BCUT2D eigenvalue weighted by Crippen LogP contribution is -2.48. The maximum absolute atomic E-state index is 9.23. The van der Waals surface area contributed by atoms with E-state index in [4.69, 9.17) is 4.74 Å². The Morgan fingerprint density at radius 3 is 2.25 bits per heavy atom. The summed E-state index contributed by atoms with van der Waals surface area (Å²) in [5, 5.41) is 12.3. The molecule has 0 saturated carbocycles. The fourth-order valence-corrected chi connectivity index (χ4v) is 1.46. The molecular weight excluding hydrogens is 202 g/mol. The van der Waals surface area contributed by atoms with Crippen molar-refractivity contribution in [1.82, 2.24) is 5.32 Å². The molecule has 0 aliphatic heterocycles. The van der Waals surface area contributed by atoms with E-state index in [0.717, 1.165) is 5.75 Å². The molecule has 0 amide bonds. The Morgan fingerprint density at radius 1 is 1.25 bits per heavy atom. The zero-order chi connectivity index (χ0) is 12.2. The number of ether oxygens (including phenoxy) is 1. The highest BCUT2D eigenvalue weighted by atomic mass is 16.5. The van der Waals surface area contributed by atoms with E-state index in [2.05, 4.69) is 11.4 Å². The number of nitrogens with one attached hydrogen (secondary N) is 1. The SMILES string of the molecule is CNC(C)(CO)COc1cc(C)cc(C)c1. The van der Waals surface area contributed by atoms with Crippen molar-refractivity contribution in [2.45, 2.75) is 26.3 Å². The number of aliphatic hydroxyl groups is 1. The van der Waals surface area contributed by atoms with Gasteiger partial charge < -0.3 is 15.2 Å². The molecule has 0 spiro atoms. The van der Waals surface area contributed by atoms with Gasteiger partial charge in [-0.2, -0.15) is 0 Å². The quantitative estimate of drug-likeness (QED) is 0.797. The molecule has 0 radical (unpaired) electrons. The van der Waals surface area contributed by atoms with Crippen molar-refractivity contribution in [2.24, 2.45) is 0 Å². The van der Waals surface area contributed by atoms with Gasteiger partial charge in [0.1, 0.15) is 12.4 Å². The van der Waals surface area contributed by atoms with Crippen LogP contribution < -0.4 is 10.1 Å². The highest BCUT2D eigenvalue weighted by Gasteiger charge is 2.21. The largest absolute Gasteiger partial charge is 0.492 e. The minimum Gasteiger partial charge on any atom is -0.492 e. The summed E-state index contributed by atoms with van der Waals surface area (Å²) in [5.74, 6) is 0.854. The van der Waals surface area contributed by atoms with E-state index in [0.29, 0.717) is 6.61 Å². The van der Waals surface area contributed by atoms with Crippen molar-refractivity contribution in [1.29, 1.82) is 0 Å². The summed E-state index contributed by atoms with van der Waals surface area (Å²) in [6.45, 7) is 6.51. The van der Waals surface area contributed by atoms with Crippen molar-refractivity contribution < 1.29 is 9.84 Å². The number of aryl methyl sites for hydroxylation is 2. The van der Waals surface area contributed by atoms with Gasteiger partial charge in [-0.15, -0.1) is 0 Å². The standard InChI is InChI=1S/C13H21NO2/c1-10-5-11(2)7-12(6-10)16-9-13(3,8-15)14-4/h5-7,14-15H,8-9H2,1-4H3. The molecule has 16 heavy (non-hydrogen) atoms. The van der Waals surface area contributed by atoms with Crippen molar-refractivity contribution in [2.75, 3.05) is 20.3 Å². The van der Waals surface area contributed by atoms with Crippen LogP contribution in [0.1, 0.15) is 18.1 Å². The molecule has 0 heterocycles. The zero-order valence-corrected chi connectivity index (χ0v) is 10.5. The molecule has 90 valence electrons. The molecule has 0 aliphatic carbocycles. The molecule has 1 aromatic carbocycles. The van der Waals surface area contributed by atoms with Crippen LogP contribution in [0.5, 0.6) is 5.75 Å². The minimum atomic E-state index is -0.391. The molecule has 0 aliphatic rings. The first kappa shape index (κ1) is 13.0. The van der Waals surface area contributed by atoms with Gasteiger partial charge in [0.2, 0.25) is 0 Å². The zero-order valence-electron chi connectivity index (χ0n) is 10.5. The van der Waals surface area contributed by atoms with Gasteiger partial charge >= 0.3 is 0 Å². The van der Waals surface area contributed by atoms with E-state index in [1.807, 2.05) is 40.0 Å². The normalized spacial score (nSPS) is 14.6. The van der Waals surface area contributed by atoms with Crippen LogP contribution in [-0.2, 0) is 0 Å². The number of hydrogen-bond donors (Lipinski definition) is 2. The Bertz CT molecular complexity index is 326. The third kappa shape index (κ3) is 3.51. The minimum absolute atomic E-state index is 0.0499. The first-order chi connectivity index (χ1) is 7.49. The fourth-order valence-electron chi connectivity index (χ4n) is 1.46. The van der Waals surface area contributed by atoms with Crippen LogP contribution in [0.4, 0.5) is 0 Å². The average molecular weight is 223 g/mol. The first-order valence-electron chi connectivity index (χ1n) is 5.50. The summed E-state index contributed by atoms with van der Waals surface area (Å²) in [6, 6.07) is 6.11. The first-order valence-corrected chi connectivity index (χ1v) is 5.50. The maximum atomic E-state index is 9.23. The van der Waals surface area contributed by atoms with Crippen LogP contribution >= 0.6 is 0 Å². The molecule has 1 rings (SSSR count). The van der Waals surface area contributed by atoms with Gasteiger partial charge in [-0.25, -0.2) is 0 Å². The van der Waals surface area contributed by atoms with Crippen molar-refractivity contribution in [3.05, 3.63) is 29.3 Å². The van der Waals surface area contributed by atoms with Gasteiger partial charge in [-0.3, -0.25) is 0 Å². The number of likely N-dealkylation sites (N-methyl/N-ethyl adjacent to an activating group) is 1. The van der Waals surface area contributed by atoms with Crippen LogP contribution in [0.2, 0.25) is 0 Å². The highest BCUT2D eigenvalue weighted by Crippen LogP contribution is 2.17. The number of rotatable bonds is 5. The summed E-state index contributed by atoms with van der Waals surface area (Å²) in [4.78, 5) is 0. The molecule has 0 fully saturated rings. The number of aliphatic hydroxyl groups excluding tert-OH is 1. The third-order valence-corrected chi connectivity index (χ3v) is 2.71. The van der Waals surface area contributed by atoms with Gasteiger partial charge in [-0.05, 0) is 51.1 Å². The average Bonchev–Trinajstić information content (AvgIpc) is 2.25. The van der Waals surface area contributed by atoms with Crippen LogP contribution in [0.3, 0.4) is 0 Å². The maximum Gasteiger partial charge on any atom is 0.119 e. The third-order valence-electron chi connectivity index (χ3n) is 2.71. The molecule has 1 aromatic rings. The van der Waals surface area contributed by atoms with E-state index in [-0.39, 0.29) is 6.61 Å². The lowest BCUT2D eigenvalue weighted by Gasteiger charge is -2.26. The van der Waals surface area contributed by atoms with E-state index in [1.165, 1.54) is 11.1 Å². The Kier molecular flexibility index (Phi) is 4.33. The second-order valence-electron chi connectivity index (χ2n) is 4.58. The number of hydrogen-bond acceptors (Lipinski definition) is 3. The van der Waals surface area contributed by atoms with Gasteiger partial charge in [0.05, 0.1) is 12.1 Å². The molecule has 0 aromatic heterocycles. The Labute approximate surface area is 97.4 Å². The van der Waals surface area contributed by atoms with E-state index >= 15 is 0 Å². The highest BCUT2D eigenvalue weighted by molar-refractivity contribution is 5.33. The molecule has 0 saturated heterocycles. The second-order valence-corrected chi connectivity index (χ2v) is 4.58. The molecular formula is C13H21NO2. The van der Waals surface area contributed by atoms with Gasteiger partial charge in [0.25, 0.3) is 0 Å². The Balaban J connectivity index is 2.67. The van der Waals surface area contributed by atoms with Crippen LogP contribution in [0.15, 0.2) is 18.2 Å². The van der Waals surface area contributed by atoms with Crippen molar-refractivity contribution >= 4 is 0 Å². The van der Waals surface area contributed by atoms with E-state index in [9.17, 15) is 5.11 Å². The Hall–Kier alpha value is -1.06. The van der Waals surface area contributed by atoms with Crippen LogP contribution in [0.25, 0.3) is 0 Å². The summed E-state index contributed by atoms with van der Waals surface area (Å²) in [6.07, 6.45) is 0. The van der Waals surface area contributed by atoms with Gasteiger partial charge in [0, 0.05) is 0 Å². The summed E-state index contributed by atoms with van der Waals surface area (Å²) in [5.41, 5.74) is 1.98. The number of benzene rings is 1. The molecule has 2 N–H and O–H groups in total. The predicted molar refractivity (Wildman–Crippen MR) is 66.0 cm³/mol. The van der Waals surface area contributed by atoms with E-state index < -0.39 is 5.54 Å². The topological polar surface area (TPSA) is 41.5 Å². The predicted octanol–water partition coefficient (Wildman–Crippen LogP) is 1.65. The Morgan fingerprint density at radius 2 is 1.81 bits per heavy atom. The van der Waals surface area contributed by atoms with Crippen LogP contribution in [0, 0.1) is 13.8 Å². The molecule has 1 unspecified atom stereocenters. The summed E-state index contributed by atoms with van der Waals surface area (Å²) >= 11 is 0. The summed E-state index contributed by atoms with van der Waals surface area (Å²) in [7, 11) is 1.82. The smallest absolute Gasteiger partial charge is 0.119 e. The molecule has 0 bridgehead atoms. The van der Waals surface area contributed by atoms with E-state index in [1.54, 1.807) is 0 Å². The van der Waals surface area contributed by atoms with Crippen molar-refractivity contribution in [3.63, 3.8) is 0 Å². The molecule has 3 nitrogen and oxygen atoms in total. The van der Waals surface area contributed by atoms with Crippen LogP contribution in [-0.4, -0.2) is 30.9 Å². The van der Waals surface area contributed by atoms with Gasteiger partial charge in [-0.1, -0.05) is 6.07 Å². The van der Waals surface area contributed by atoms with Gasteiger partial charge in [0.15, 0.2) is 0 Å². The molecule has 3 heteroatoms. The fraction of sp³-hybridized carbons (Fsp3) is 0.538. The monoisotopic (exact) mass is 223 g/mol. The second kappa shape index (κ2) is 5.32. The van der Waals surface area contributed by atoms with Crippen molar-refractivity contribution in [3.8, 4) is 5.75 Å². The lowest BCUT2D eigenvalue weighted by atomic mass is 10.1. The summed E-state index contributed by atoms with van der Waals surface area (Å²) < 4.78 is 5.69.